The van der Waals surface area contributed by atoms with E-state index in [2.05, 4.69) is 25.9 Å². The molecule has 0 unspecified atom stereocenters. The van der Waals surface area contributed by atoms with E-state index in [1.54, 1.807) is 0 Å². The van der Waals surface area contributed by atoms with Gasteiger partial charge in [-0.15, -0.1) is 0 Å². The molecule has 2 rings (SSSR count). The van der Waals surface area contributed by atoms with Crippen molar-refractivity contribution in [2.75, 3.05) is 47.0 Å². The smallest absolute Gasteiger partial charge is 0.248 e. The molecular formula is C14H26N2O3. The van der Waals surface area contributed by atoms with Crippen molar-refractivity contribution in [2.45, 2.75) is 31.9 Å². The van der Waals surface area contributed by atoms with Crippen molar-refractivity contribution in [1.82, 2.24) is 9.80 Å². The van der Waals surface area contributed by atoms with E-state index in [0.717, 1.165) is 32.5 Å². The summed E-state index contributed by atoms with van der Waals surface area (Å²) in [5, 5.41) is 0. The fourth-order valence-corrected chi connectivity index (χ4v) is 2.97. The minimum absolute atomic E-state index is 0.106. The summed E-state index contributed by atoms with van der Waals surface area (Å²) >= 11 is 0. The Bertz CT molecular complexity index is 303. The summed E-state index contributed by atoms with van der Waals surface area (Å²) in [4.78, 5) is 16.2. The average Bonchev–Trinajstić information content (AvgIpc) is 2.98. The van der Waals surface area contributed by atoms with Gasteiger partial charge in [0.15, 0.2) is 0 Å². The molecule has 5 heteroatoms. The summed E-state index contributed by atoms with van der Waals surface area (Å²) in [6.07, 6.45) is 2.35. The first-order valence-corrected chi connectivity index (χ1v) is 7.21. The first-order chi connectivity index (χ1) is 9.08. The Morgan fingerprint density at radius 2 is 2.21 bits per heavy atom. The van der Waals surface area contributed by atoms with Crippen molar-refractivity contribution in [3.05, 3.63) is 0 Å². The third kappa shape index (κ3) is 3.91. The first kappa shape index (κ1) is 14.8. The maximum atomic E-state index is 12.1. The van der Waals surface area contributed by atoms with Crippen LogP contribution in [0.3, 0.4) is 0 Å². The van der Waals surface area contributed by atoms with Crippen molar-refractivity contribution < 1.29 is 14.3 Å². The van der Waals surface area contributed by atoms with Crippen molar-refractivity contribution >= 4 is 5.91 Å². The van der Waals surface area contributed by atoms with Crippen LogP contribution in [-0.4, -0.2) is 74.9 Å². The van der Waals surface area contributed by atoms with Crippen LogP contribution in [0.1, 0.15) is 19.8 Å². The van der Waals surface area contributed by atoms with Gasteiger partial charge in [-0.25, -0.2) is 0 Å². The molecule has 0 radical (unpaired) electrons. The van der Waals surface area contributed by atoms with Crippen LogP contribution < -0.4 is 0 Å². The number of likely N-dealkylation sites (tertiary alicyclic amines) is 1. The molecule has 0 N–H and O–H groups in total. The minimum Gasteiger partial charge on any atom is -0.376 e. The Hall–Kier alpha value is -0.650. The van der Waals surface area contributed by atoms with Gasteiger partial charge in [0.25, 0.3) is 0 Å². The number of hydrogen-bond acceptors (Lipinski definition) is 4. The molecule has 0 aromatic carbocycles. The number of hydrogen-bond donors (Lipinski definition) is 0. The van der Waals surface area contributed by atoms with E-state index in [1.165, 1.54) is 0 Å². The van der Waals surface area contributed by atoms with E-state index in [1.807, 2.05) is 4.90 Å². The number of rotatable bonds is 5. The normalized spacial score (nSPS) is 31.4. The lowest BCUT2D eigenvalue weighted by atomic mass is 10.1. The number of nitrogens with zero attached hydrogens (tertiary/aromatic N) is 2. The third-order valence-electron chi connectivity index (χ3n) is 4.14. The highest BCUT2D eigenvalue weighted by Crippen LogP contribution is 2.20. The summed E-state index contributed by atoms with van der Waals surface area (Å²) in [5.74, 6) is 0.631. The maximum absolute atomic E-state index is 12.1. The third-order valence-corrected chi connectivity index (χ3v) is 4.14. The zero-order valence-corrected chi connectivity index (χ0v) is 12.3. The molecule has 1 amide bonds. The van der Waals surface area contributed by atoms with Gasteiger partial charge in [0.05, 0.1) is 12.7 Å². The van der Waals surface area contributed by atoms with E-state index < -0.39 is 0 Å². The summed E-state index contributed by atoms with van der Waals surface area (Å²) < 4.78 is 11.0. The van der Waals surface area contributed by atoms with Gasteiger partial charge < -0.3 is 19.3 Å². The molecule has 0 aromatic heterocycles. The van der Waals surface area contributed by atoms with Gasteiger partial charge in [-0.3, -0.25) is 4.79 Å². The number of ether oxygens (including phenoxy) is 2. The van der Waals surface area contributed by atoms with Crippen LogP contribution in [0.5, 0.6) is 0 Å². The van der Waals surface area contributed by atoms with Crippen LogP contribution in [0.25, 0.3) is 0 Å². The molecular weight excluding hydrogens is 244 g/mol. The standard InChI is InChI=1S/C14H26N2O3/c1-11-7-16(8-13(11)15(2)3)14(17)10-18-9-12-5-4-6-19-12/h11-13H,4-10H2,1-3H3/t11-,12+,13+/m1/s1. The van der Waals surface area contributed by atoms with Crippen LogP contribution in [0.4, 0.5) is 0 Å². The SMILES string of the molecule is C[C@@H]1CN(C(=O)COC[C@@H]2CCCO2)C[C@@H]1N(C)C. The lowest BCUT2D eigenvalue weighted by Crippen LogP contribution is -2.37. The second-order valence-electron chi connectivity index (χ2n) is 5.96. The Morgan fingerprint density at radius 3 is 2.79 bits per heavy atom. The Labute approximate surface area is 115 Å². The molecule has 2 heterocycles. The monoisotopic (exact) mass is 270 g/mol. The largest absolute Gasteiger partial charge is 0.376 e. The van der Waals surface area contributed by atoms with E-state index in [0.29, 0.717) is 18.6 Å². The molecule has 2 saturated heterocycles. The molecule has 5 nitrogen and oxygen atoms in total. The average molecular weight is 270 g/mol. The first-order valence-electron chi connectivity index (χ1n) is 7.21. The Kier molecular flexibility index (Phi) is 5.19. The van der Waals surface area contributed by atoms with Gasteiger partial charge in [0, 0.05) is 25.7 Å². The zero-order valence-electron chi connectivity index (χ0n) is 12.3. The molecule has 2 aliphatic rings. The van der Waals surface area contributed by atoms with E-state index >= 15 is 0 Å². The molecule has 19 heavy (non-hydrogen) atoms. The van der Waals surface area contributed by atoms with Gasteiger partial charge in [-0.05, 0) is 32.9 Å². The predicted octanol–water partition coefficient (Wildman–Crippen LogP) is 0.591. The Morgan fingerprint density at radius 1 is 1.42 bits per heavy atom. The summed E-state index contributed by atoms with van der Waals surface area (Å²) in [7, 11) is 4.14. The molecule has 0 saturated carbocycles. The molecule has 0 aliphatic carbocycles. The maximum Gasteiger partial charge on any atom is 0.248 e. The number of amides is 1. The second kappa shape index (κ2) is 6.68. The molecule has 0 bridgehead atoms. The van der Waals surface area contributed by atoms with E-state index in [9.17, 15) is 4.79 Å². The number of carbonyl (C=O) groups is 1. The molecule has 0 spiro atoms. The van der Waals surface area contributed by atoms with Gasteiger partial charge >= 0.3 is 0 Å². The van der Waals surface area contributed by atoms with Crippen molar-refractivity contribution in [3.8, 4) is 0 Å². The highest BCUT2D eigenvalue weighted by atomic mass is 16.5. The van der Waals surface area contributed by atoms with Gasteiger partial charge in [0.1, 0.15) is 6.61 Å². The fraction of sp³-hybridized carbons (Fsp3) is 0.929. The van der Waals surface area contributed by atoms with Gasteiger partial charge in [0.2, 0.25) is 5.91 Å². The summed E-state index contributed by atoms with van der Waals surface area (Å²) in [6.45, 7) is 5.42. The van der Waals surface area contributed by atoms with Gasteiger partial charge in [-0.1, -0.05) is 6.92 Å². The van der Waals surface area contributed by atoms with Crippen LogP contribution in [0.15, 0.2) is 0 Å². The van der Waals surface area contributed by atoms with Crippen molar-refractivity contribution in [3.63, 3.8) is 0 Å². The van der Waals surface area contributed by atoms with Crippen molar-refractivity contribution in [2.24, 2.45) is 5.92 Å². The van der Waals surface area contributed by atoms with Crippen LogP contribution in [-0.2, 0) is 14.3 Å². The predicted molar refractivity (Wildman–Crippen MR) is 73.0 cm³/mol. The van der Waals surface area contributed by atoms with Crippen LogP contribution >= 0.6 is 0 Å². The molecule has 2 fully saturated rings. The highest BCUT2D eigenvalue weighted by molar-refractivity contribution is 5.77. The molecule has 0 aromatic rings. The quantitative estimate of drug-likeness (QED) is 0.733. The minimum atomic E-state index is 0.106. The second-order valence-corrected chi connectivity index (χ2v) is 5.96. The van der Waals surface area contributed by atoms with Crippen LogP contribution in [0, 0.1) is 5.92 Å². The molecule has 3 atom stereocenters. The fourth-order valence-electron chi connectivity index (χ4n) is 2.97. The lowest BCUT2D eigenvalue weighted by molar-refractivity contribution is -0.136. The topological polar surface area (TPSA) is 42.0 Å². The van der Waals surface area contributed by atoms with Crippen LogP contribution in [0.2, 0.25) is 0 Å². The lowest BCUT2D eigenvalue weighted by Gasteiger charge is -2.22. The van der Waals surface area contributed by atoms with E-state index in [4.69, 9.17) is 9.47 Å². The number of carbonyl (C=O) groups excluding carboxylic acids is 1. The Balaban J connectivity index is 1.68. The van der Waals surface area contributed by atoms with Crippen molar-refractivity contribution in [1.29, 1.82) is 0 Å². The zero-order chi connectivity index (χ0) is 13.8. The van der Waals surface area contributed by atoms with Gasteiger partial charge in [-0.2, -0.15) is 0 Å². The van der Waals surface area contributed by atoms with E-state index in [-0.39, 0.29) is 18.6 Å². The molecule has 2 aliphatic heterocycles. The summed E-state index contributed by atoms with van der Waals surface area (Å²) in [5.41, 5.74) is 0. The highest BCUT2D eigenvalue weighted by Gasteiger charge is 2.33. The summed E-state index contributed by atoms with van der Waals surface area (Å²) in [6, 6.07) is 0.460. The molecule has 110 valence electrons. The number of likely N-dealkylation sites (N-methyl/N-ethyl adjacent to an activating group) is 1.